The summed E-state index contributed by atoms with van der Waals surface area (Å²) in [5.41, 5.74) is 11.3. The molecule has 2 fully saturated rings. The molecular weight excluding hydrogens is 447 g/mol. The number of carbonyl (C=O) groups excluding carboxylic acids is 1. The van der Waals surface area contributed by atoms with Crippen molar-refractivity contribution in [2.45, 2.75) is 37.0 Å². The molecule has 0 saturated heterocycles. The van der Waals surface area contributed by atoms with Crippen molar-refractivity contribution in [1.82, 2.24) is 20.0 Å². The molecule has 0 aliphatic heterocycles. The van der Waals surface area contributed by atoms with Crippen molar-refractivity contribution in [3.63, 3.8) is 0 Å². The Hall–Kier alpha value is -2.70. The zero-order valence-corrected chi connectivity index (χ0v) is 19.5. The van der Waals surface area contributed by atoms with Gasteiger partial charge in [0.2, 0.25) is 0 Å². The number of ether oxygens (including phenoxy) is 1. The second kappa shape index (κ2) is 8.34. The van der Waals surface area contributed by atoms with Crippen LogP contribution in [-0.4, -0.2) is 44.3 Å². The summed E-state index contributed by atoms with van der Waals surface area (Å²) in [5, 5.41) is 15.7. The normalized spacial score (nSPS) is 15.8. The minimum atomic E-state index is -0.699. The highest BCUT2D eigenvalue weighted by atomic mass is 35.5. The third-order valence-corrected chi connectivity index (χ3v) is 9.50. The number of halogens is 1. The third kappa shape index (κ3) is 4.05. The SMILES string of the molecule is COc1c(Nc2cc(Cl)nnc2C(N)=O)cccc1-c1cc(P(C2CC2)C2CC2)n(C)n1. The number of amides is 1. The van der Waals surface area contributed by atoms with Crippen molar-refractivity contribution in [2.75, 3.05) is 12.4 Å². The van der Waals surface area contributed by atoms with E-state index in [1.165, 1.54) is 37.2 Å². The van der Waals surface area contributed by atoms with Crippen LogP contribution in [0.5, 0.6) is 5.75 Å². The van der Waals surface area contributed by atoms with Crippen molar-refractivity contribution in [1.29, 1.82) is 0 Å². The molecule has 2 aromatic heterocycles. The Kier molecular flexibility index (Phi) is 5.51. The maximum absolute atomic E-state index is 11.8. The maximum atomic E-state index is 11.8. The summed E-state index contributed by atoms with van der Waals surface area (Å²) in [7, 11) is 3.50. The summed E-state index contributed by atoms with van der Waals surface area (Å²) in [6.07, 6.45) is 5.37. The standard InChI is InChI=1S/C22H24ClN6O2P/c1-29-19(32(12-6-7-12)13-8-9-13)11-16(28-29)14-4-3-5-15(21(14)31-2)25-17-10-18(23)26-27-20(17)22(24)30/h3-5,10-13H,6-9H2,1-2H3,(H2,24,30)(H,25,26). The zero-order valence-electron chi connectivity index (χ0n) is 17.9. The molecule has 0 unspecified atom stereocenters. The Bertz CT molecular complexity index is 1180. The molecule has 166 valence electrons. The van der Waals surface area contributed by atoms with Crippen molar-refractivity contribution in [3.8, 4) is 17.0 Å². The number of hydrogen-bond acceptors (Lipinski definition) is 6. The first-order chi connectivity index (χ1) is 15.5. The smallest absolute Gasteiger partial charge is 0.271 e. The van der Waals surface area contributed by atoms with Crippen LogP contribution in [0.15, 0.2) is 30.3 Å². The van der Waals surface area contributed by atoms with Crippen LogP contribution in [-0.2, 0) is 7.05 Å². The van der Waals surface area contributed by atoms with E-state index in [1.807, 2.05) is 25.2 Å². The number of carbonyl (C=O) groups is 1. The molecule has 0 atom stereocenters. The predicted octanol–water partition coefficient (Wildman–Crippen LogP) is 3.81. The highest BCUT2D eigenvalue weighted by Crippen LogP contribution is 2.63. The molecule has 0 bridgehead atoms. The van der Waals surface area contributed by atoms with Gasteiger partial charge in [0.25, 0.3) is 5.91 Å². The Balaban J connectivity index is 1.52. The van der Waals surface area contributed by atoms with Crippen LogP contribution in [0.25, 0.3) is 11.3 Å². The van der Waals surface area contributed by atoms with E-state index >= 15 is 0 Å². The second-order valence-electron chi connectivity index (χ2n) is 8.19. The van der Waals surface area contributed by atoms with Gasteiger partial charge in [0.1, 0.15) is 0 Å². The second-order valence-corrected chi connectivity index (χ2v) is 11.3. The predicted molar refractivity (Wildman–Crippen MR) is 127 cm³/mol. The molecule has 2 saturated carbocycles. The number of anilines is 2. The van der Waals surface area contributed by atoms with Gasteiger partial charge in [0.05, 0.1) is 29.6 Å². The van der Waals surface area contributed by atoms with Crippen LogP contribution in [0.1, 0.15) is 36.2 Å². The minimum absolute atomic E-state index is 0.00138. The number of primary amides is 1. The molecule has 1 amide bonds. The highest BCUT2D eigenvalue weighted by Gasteiger charge is 2.43. The van der Waals surface area contributed by atoms with Gasteiger partial charge in [0, 0.05) is 18.7 Å². The molecule has 32 heavy (non-hydrogen) atoms. The van der Waals surface area contributed by atoms with Gasteiger partial charge in [-0.3, -0.25) is 9.48 Å². The number of para-hydroxylation sites is 1. The number of rotatable bonds is 8. The Morgan fingerprint density at radius 3 is 2.53 bits per heavy atom. The van der Waals surface area contributed by atoms with E-state index in [4.69, 9.17) is 27.2 Å². The highest BCUT2D eigenvalue weighted by molar-refractivity contribution is 7.67. The summed E-state index contributed by atoms with van der Waals surface area (Å²) in [5.74, 6) is -0.0858. The fourth-order valence-corrected chi connectivity index (χ4v) is 7.61. The van der Waals surface area contributed by atoms with E-state index in [1.54, 1.807) is 7.11 Å². The molecule has 3 aromatic rings. The topological polar surface area (TPSA) is 108 Å². The van der Waals surface area contributed by atoms with Crippen molar-refractivity contribution in [3.05, 3.63) is 41.2 Å². The molecule has 1 aromatic carbocycles. The molecule has 2 heterocycles. The number of nitrogens with zero attached hydrogens (tertiary/aromatic N) is 4. The van der Waals surface area contributed by atoms with Crippen LogP contribution >= 0.6 is 19.5 Å². The summed E-state index contributed by atoms with van der Waals surface area (Å²) >= 11 is 5.99. The number of hydrogen-bond donors (Lipinski definition) is 2. The average molecular weight is 471 g/mol. The Labute approximate surface area is 192 Å². The van der Waals surface area contributed by atoms with E-state index in [-0.39, 0.29) is 18.8 Å². The van der Waals surface area contributed by atoms with E-state index in [0.717, 1.165) is 22.6 Å². The summed E-state index contributed by atoms with van der Waals surface area (Å²) in [6.45, 7) is 0. The number of nitrogens with two attached hydrogens (primary N) is 1. The van der Waals surface area contributed by atoms with Gasteiger partial charge >= 0.3 is 0 Å². The van der Waals surface area contributed by atoms with Crippen LogP contribution in [0.2, 0.25) is 5.15 Å². The molecule has 0 spiro atoms. The lowest BCUT2D eigenvalue weighted by Crippen LogP contribution is -2.16. The average Bonchev–Trinajstić information content (AvgIpc) is 3.68. The van der Waals surface area contributed by atoms with E-state index in [2.05, 4.69) is 26.3 Å². The number of methoxy groups -OCH3 is 1. The lowest BCUT2D eigenvalue weighted by molar-refractivity contribution is 0.0995. The fraction of sp³-hybridized carbons (Fsp3) is 0.364. The number of aryl methyl sites for hydroxylation is 1. The van der Waals surface area contributed by atoms with Crippen molar-refractivity contribution < 1.29 is 9.53 Å². The molecule has 8 nitrogen and oxygen atoms in total. The van der Waals surface area contributed by atoms with Gasteiger partial charge in [-0.25, -0.2) is 0 Å². The lowest BCUT2D eigenvalue weighted by atomic mass is 10.1. The third-order valence-electron chi connectivity index (χ3n) is 5.76. The Morgan fingerprint density at radius 1 is 1.19 bits per heavy atom. The van der Waals surface area contributed by atoms with Crippen LogP contribution in [0, 0.1) is 0 Å². The van der Waals surface area contributed by atoms with Gasteiger partial charge in [-0.15, -0.1) is 10.2 Å². The molecular formula is C22H24ClN6O2P. The largest absolute Gasteiger partial charge is 0.494 e. The van der Waals surface area contributed by atoms with Crippen LogP contribution in [0.3, 0.4) is 0 Å². The van der Waals surface area contributed by atoms with Gasteiger partial charge in [0.15, 0.2) is 16.6 Å². The van der Waals surface area contributed by atoms with Crippen LogP contribution < -0.4 is 21.2 Å². The van der Waals surface area contributed by atoms with Crippen molar-refractivity contribution >= 4 is 42.2 Å². The summed E-state index contributed by atoms with van der Waals surface area (Å²) in [6, 6.07) is 9.49. The van der Waals surface area contributed by atoms with Crippen LogP contribution in [0.4, 0.5) is 11.4 Å². The van der Waals surface area contributed by atoms with Gasteiger partial charge in [-0.05, 0) is 63.1 Å². The van der Waals surface area contributed by atoms with Gasteiger partial charge in [-0.1, -0.05) is 17.7 Å². The number of aromatic nitrogens is 4. The molecule has 0 radical (unpaired) electrons. The van der Waals surface area contributed by atoms with Crippen molar-refractivity contribution in [2.24, 2.45) is 12.8 Å². The number of nitrogens with one attached hydrogen (secondary N) is 1. The monoisotopic (exact) mass is 470 g/mol. The van der Waals surface area contributed by atoms with E-state index in [0.29, 0.717) is 17.1 Å². The summed E-state index contributed by atoms with van der Waals surface area (Å²) in [4.78, 5) is 11.8. The van der Waals surface area contributed by atoms with Gasteiger partial charge < -0.3 is 15.8 Å². The van der Waals surface area contributed by atoms with Gasteiger partial charge in [-0.2, -0.15) is 5.10 Å². The van der Waals surface area contributed by atoms with E-state index < -0.39 is 5.91 Å². The minimum Gasteiger partial charge on any atom is -0.494 e. The fourth-order valence-electron chi connectivity index (χ4n) is 4.06. The quantitative estimate of drug-likeness (QED) is 0.485. The van der Waals surface area contributed by atoms with E-state index in [9.17, 15) is 4.79 Å². The number of benzene rings is 1. The first-order valence-electron chi connectivity index (χ1n) is 10.6. The zero-order chi connectivity index (χ0) is 22.4. The molecule has 3 N–H and O–H groups in total. The first-order valence-corrected chi connectivity index (χ1v) is 12.4. The Morgan fingerprint density at radius 2 is 1.91 bits per heavy atom. The first kappa shape index (κ1) is 21.2. The molecule has 5 rings (SSSR count). The molecule has 10 heteroatoms. The lowest BCUT2D eigenvalue weighted by Gasteiger charge is -2.16. The summed E-state index contributed by atoms with van der Waals surface area (Å²) < 4.78 is 7.82. The maximum Gasteiger partial charge on any atom is 0.271 e. The molecule has 2 aliphatic carbocycles. The molecule has 2 aliphatic rings.